The van der Waals surface area contributed by atoms with E-state index in [4.69, 9.17) is 16.3 Å². The molecule has 30 heavy (non-hydrogen) atoms. The molecule has 8 heteroatoms. The van der Waals surface area contributed by atoms with Gasteiger partial charge in [0.05, 0.1) is 18.8 Å². The number of hydrogen-bond donors (Lipinski definition) is 1. The van der Waals surface area contributed by atoms with Crippen LogP contribution in [0.4, 0.5) is 13.2 Å². The first-order valence-electron chi connectivity index (χ1n) is 9.62. The minimum absolute atomic E-state index is 0.0563. The van der Waals surface area contributed by atoms with Gasteiger partial charge >= 0.3 is 6.18 Å². The second-order valence-corrected chi connectivity index (χ2v) is 7.74. The third-order valence-corrected chi connectivity index (χ3v) is 5.65. The molecule has 1 amide bonds. The van der Waals surface area contributed by atoms with Gasteiger partial charge in [-0.3, -0.25) is 4.79 Å². The van der Waals surface area contributed by atoms with Crippen molar-refractivity contribution >= 4 is 28.4 Å². The Hall–Kier alpha value is -2.51. The highest BCUT2D eigenvalue weighted by atomic mass is 35.5. The van der Waals surface area contributed by atoms with Crippen LogP contribution < -0.4 is 0 Å². The van der Waals surface area contributed by atoms with Crippen molar-refractivity contribution < 1.29 is 22.7 Å². The molecule has 0 bridgehead atoms. The number of aromatic amines is 1. The number of rotatable bonds is 4. The molecule has 158 valence electrons. The molecular formula is C22H20ClF3N2O2. The highest BCUT2D eigenvalue weighted by Gasteiger charge is 2.32. The maximum atomic E-state index is 13.3. The predicted molar refractivity (Wildman–Crippen MR) is 109 cm³/mol. The van der Waals surface area contributed by atoms with Crippen LogP contribution >= 0.6 is 11.6 Å². The largest absolute Gasteiger partial charge is 0.416 e. The Kier molecular flexibility index (Phi) is 5.75. The van der Waals surface area contributed by atoms with E-state index in [1.54, 1.807) is 29.3 Å². The molecule has 1 saturated heterocycles. The van der Waals surface area contributed by atoms with E-state index in [1.807, 2.05) is 6.07 Å². The third kappa shape index (κ3) is 4.32. The van der Waals surface area contributed by atoms with Gasteiger partial charge < -0.3 is 14.6 Å². The third-order valence-electron chi connectivity index (χ3n) is 5.41. The fraction of sp³-hybridized carbons (Fsp3) is 0.318. The number of fused-ring (bicyclic) bond motifs is 1. The van der Waals surface area contributed by atoms with Crippen LogP contribution in [0, 0.1) is 0 Å². The number of aromatic nitrogens is 1. The van der Waals surface area contributed by atoms with E-state index >= 15 is 0 Å². The molecule has 4 rings (SSSR count). The van der Waals surface area contributed by atoms with E-state index in [1.165, 1.54) is 6.07 Å². The van der Waals surface area contributed by atoms with Crippen LogP contribution in [0.25, 0.3) is 10.9 Å². The lowest BCUT2D eigenvalue weighted by Crippen LogP contribution is -2.41. The highest BCUT2D eigenvalue weighted by Crippen LogP contribution is 2.37. The van der Waals surface area contributed by atoms with Gasteiger partial charge in [0.2, 0.25) is 5.91 Å². The molecule has 1 aromatic heterocycles. The Bertz CT molecular complexity index is 1060. The molecular weight excluding hydrogens is 417 g/mol. The summed E-state index contributed by atoms with van der Waals surface area (Å²) in [5.74, 6) is -0.660. The molecule has 0 radical (unpaired) electrons. The summed E-state index contributed by atoms with van der Waals surface area (Å²) in [4.78, 5) is 17.8. The lowest BCUT2D eigenvalue weighted by atomic mass is 9.87. The summed E-state index contributed by atoms with van der Waals surface area (Å²) in [5.41, 5.74) is 1.26. The lowest BCUT2D eigenvalue weighted by molar-refractivity contribution is -0.137. The Morgan fingerprint density at radius 1 is 1.17 bits per heavy atom. The molecule has 1 unspecified atom stereocenters. The van der Waals surface area contributed by atoms with Crippen LogP contribution in [-0.4, -0.2) is 42.1 Å². The highest BCUT2D eigenvalue weighted by molar-refractivity contribution is 6.31. The monoisotopic (exact) mass is 436 g/mol. The lowest BCUT2D eigenvalue weighted by Gasteiger charge is -2.29. The summed E-state index contributed by atoms with van der Waals surface area (Å²) in [6.45, 7) is 1.88. The van der Waals surface area contributed by atoms with Crippen molar-refractivity contribution in [3.8, 4) is 0 Å². The van der Waals surface area contributed by atoms with E-state index in [2.05, 4.69) is 4.98 Å². The number of ether oxygens (including phenoxy) is 1. The number of benzene rings is 2. The van der Waals surface area contributed by atoms with Crippen molar-refractivity contribution in [3.05, 3.63) is 70.4 Å². The number of alkyl halides is 3. The number of carbonyl (C=O) groups is 1. The van der Waals surface area contributed by atoms with Crippen LogP contribution in [0.1, 0.15) is 29.0 Å². The van der Waals surface area contributed by atoms with Crippen molar-refractivity contribution in [2.24, 2.45) is 0 Å². The Labute approximate surface area is 176 Å². The molecule has 3 aromatic rings. The molecule has 1 fully saturated rings. The number of nitrogens with one attached hydrogen (secondary N) is 1. The summed E-state index contributed by atoms with van der Waals surface area (Å²) in [6, 6.07) is 10.5. The Morgan fingerprint density at radius 2 is 1.93 bits per heavy atom. The zero-order valence-corrected chi connectivity index (χ0v) is 16.8. The van der Waals surface area contributed by atoms with E-state index in [0.29, 0.717) is 36.9 Å². The molecule has 2 aromatic carbocycles. The predicted octanol–water partition coefficient (Wildman–Crippen LogP) is 5.22. The molecule has 0 aliphatic carbocycles. The molecule has 2 heterocycles. The van der Waals surface area contributed by atoms with Crippen molar-refractivity contribution in [2.45, 2.75) is 18.5 Å². The van der Waals surface area contributed by atoms with E-state index in [9.17, 15) is 18.0 Å². The van der Waals surface area contributed by atoms with Gasteiger partial charge in [-0.05, 0) is 35.4 Å². The van der Waals surface area contributed by atoms with E-state index in [0.717, 1.165) is 28.6 Å². The normalized spacial score (nSPS) is 16.1. The summed E-state index contributed by atoms with van der Waals surface area (Å²) in [6.07, 6.45) is -2.66. The fourth-order valence-corrected chi connectivity index (χ4v) is 4.03. The minimum Gasteiger partial charge on any atom is -0.378 e. The van der Waals surface area contributed by atoms with Crippen LogP contribution in [0.15, 0.2) is 48.7 Å². The first-order valence-corrected chi connectivity index (χ1v) is 10.00. The van der Waals surface area contributed by atoms with Crippen LogP contribution in [-0.2, 0) is 15.7 Å². The Balaban J connectivity index is 1.76. The molecule has 1 aliphatic rings. The maximum absolute atomic E-state index is 13.3. The minimum atomic E-state index is -4.46. The average molecular weight is 437 g/mol. The van der Waals surface area contributed by atoms with Crippen LogP contribution in [0.2, 0.25) is 5.02 Å². The number of carbonyl (C=O) groups excluding carboxylic acids is 1. The average Bonchev–Trinajstić information content (AvgIpc) is 3.14. The SMILES string of the molecule is O=C(CC(c1cccc(C(F)(F)F)c1)c1c[nH]c2ccc(Cl)cc12)N1CCOCC1. The van der Waals surface area contributed by atoms with Gasteiger partial charge in [0.25, 0.3) is 0 Å². The molecule has 4 nitrogen and oxygen atoms in total. The number of nitrogens with zero attached hydrogens (tertiary/aromatic N) is 1. The smallest absolute Gasteiger partial charge is 0.378 e. The van der Waals surface area contributed by atoms with Crippen LogP contribution in [0.3, 0.4) is 0 Å². The molecule has 0 spiro atoms. The molecule has 0 saturated carbocycles. The van der Waals surface area contributed by atoms with Crippen LogP contribution in [0.5, 0.6) is 0 Å². The quantitative estimate of drug-likeness (QED) is 0.609. The van der Waals surface area contributed by atoms with Crippen molar-refractivity contribution in [1.29, 1.82) is 0 Å². The maximum Gasteiger partial charge on any atom is 0.416 e. The summed E-state index contributed by atoms with van der Waals surface area (Å²) in [5, 5.41) is 1.31. The van der Waals surface area contributed by atoms with Gasteiger partial charge in [-0.1, -0.05) is 29.8 Å². The first-order chi connectivity index (χ1) is 14.3. The summed E-state index contributed by atoms with van der Waals surface area (Å²) in [7, 11) is 0. The first kappa shape index (κ1) is 20.8. The summed E-state index contributed by atoms with van der Waals surface area (Å²) >= 11 is 6.16. The second-order valence-electron chi connectivity index (χ2n) is 7.31. The molecule has 1 atom stereocenters. The molecule has 1 aliphatic heterocycles. The van der Waals surface area contributed by atoms with Crippen molar-refractivity contribution in [3.63, 3.8) is 0 Å². The van der Waals surface area contributed by atoms with Crippen molar-refractivity contribution in [1.82, 2.24) is 9.88 Å². The molecule has 1 N–H and O–H groups in total. The topological polar surface area (TPSA) is 45.3 Å². The van der Waals surface area contributed by atoms with Gasteiger partial charge in [-0.2, -0.15) is 13.2 Å². The Morgan fingerprint density at radius 3 is 2.67 bits per heavy atom. The second kappa shape index (κ2) is 8.32. The van der Waals surface area contributed by atoms with Gasteiger partial charge in [-0.25, -0.2) is 0 Å². The van der Waals surface area contributed by atoms with Gasteiger partial charge in [0.15, 0.2) is 0 Å². The van der Waals surface area contributed by atoms with Gasteiger partial charge in [0.1, 0.15) is 0 Å². The number of morpholine rings is 1. The summed E-state index contributed by atoms with van der Waals surface area (Å²) < 4.78 is 45.3. The number of amides is 1. The van der Waals surface area contributed by atoms with Gasteiger partial charge in [0, 0.05) is 47.6 Å². The number of H-pyrrole nitrogens is 1. The zero-order valence-electron chi connectivity index (χ0n) is 16.0. The van der Waals surface area contributed by atoms with Gasteiger partial charge in [-0.15, -0.1) is 0 Å². The number of halogens is 4. The van der Waals surface area contributed by atoms with Crippen molar-refractivity contribution in [2.75, 3.05) is 26.3 Å². The van der Waals surface area contributed by atoms with E-state index in [-0.39, 0.29) is 12.3 Å². The standard InChI is InChI=1S/C22H20ClF3N2O2/c23-16-4-5-20-18(11-16)19(13-27-20)17(12-21(29)28-6-8-30-9-7-28)14-2-1-3-15(10-14)22(24,25)26/h1-5,10-11,13,17,27H,6-9,12H2. The zero-order chi connectivity index (χ0) is 21.3. The number of hydrogen-bond acceptors (Lipinski definition) is 2. The fourth-order valence-electron chi connectivity index (χ4n) is 3.86. The van der Waals surface area contributed by atoms with E-state index < -0.39 is 17.7 Å².